The Morgan fingerprint density at radius 1 is 1.00 bits per heavy atom. The summed E-state index contributed by atoms with van der Waals surface area (Å²) in [5.41, 5.74) is 0.370. The molecule has 10 heteroatoms. The smallest absolute Gasteiger partial charge is 0.196 e. The second-order valence-corrected chi connectivity index (χ2v) is 9.77. The van der Waals surface area contributed by atoms with Crippen LogP contribution in [0.25, 0.3) is 5.69 Å². The first kappa shape index (κ1) is 24.2. The number of aromatic nitrogens is 3. The largest absolute Gasteiger partial charge is 0.486 e. The molecule has 3 aromatic rings. The summed E-state index contributed by atoms with van der Waals surface area (Å²) in [4.78, 5) is 12.6. The van der Waals surface area contributed by atoms with Crippen molar-refractivity contribution >= 4 is 30.0 Å². The highest BCUT2D eigenvalue weighted by Crippen LogP contribution is 2.38. The van der Waals surface area contributed by atoms with E-state index >= 15 is 0 Å². The van der Waals surface area contributed by atoms with E-state index in [1.165, 1.54) is 11.8 Å². The van der Waals surface area contributed by atoms with Crippen molar-refractivity contribution in [3.8, 4) is 28.7 Å². The molecule has 0 fully saturated rings. The van der Waals surface area contributed by atoms with Gasteiger partial charge in [0, 0.05) is 11.5 Å². The molecule has 3 heterocycles. The van der Waals surface area contributed by atoms with Crippen LogP contribution in [0.15, 0.2) is 47.6 Å². The van der Waals surface area contributed by atoms with Gasteiger partial charge in [0.25, 0.3) is 0 Å². The van der Waals surface area contributed by atoms with Crippen molar-refractivity contribution in [2.24, 2.45) is 5.41 Å². The van der Waals surface area contributed by atoms with Crippen molar-refractivity contribution in [1.82, 2.24) is 14.8 Å². The van der Waals surface area contributed by atoms with E-state index in [0.717, 1.165) is 5.69 Å². The van der Waals surface area contributed by atoms with E-state index in [2.05, 4.69) is 10.2 Å². The average Bonchev–Trinajstić information content (AvgIpc) is 3.25. The molecule has 1 atom stereocenters. The summed E-state index contributed by atoms with van der Waals surface area (Å²) < 4.78 is 25.5. The SMILES string of the molecule is CC(C)(C)C(=O)CSc1nnc(C2COc3ccccc3O2)n1-c1ccc2c(c1)OCCO2.Cl. The zero-order valence-corrected chi connectivity index (χ0v) is 20.8. The highest BCUT2D eigenvalue weighted by molar-refractivity contribution is 7.99. The molecule has 0 aliphatic carbocycles. The van der Waals surface area contributed by atoms with E-state index in [0.29, 0.717) is 53.8 Å². The van der Waals surface area contributed by atoms with E-state index in [-0.39, 0.29) is 23.9 Å². The molecule has 0 spiro atoms. The van der Waals surface area contributed by atoms with Crippen molar-refractivity contribution in [1.29, 1.82) is 0 Å². The fraction of sp³-hybridized carbons (Fsp3) is 0.375. The molecule has 8 nitrogen and oxygen atoms in total. The standard InChI is InChI=1S/C24H25N3O5S.ClH/c1-24(2,3)21(28)14-33-23-26-25-22(20-13-31-16-6-4-5-7-18(16)32-20)27(23)15-8-9-17-19(12-15)30-11-10-29-17;/h4-9,12,20H,10-11,13-14H2,1-3H3;1H. The molecule has 2 aromatic carbocycles. The van der Waals surface area contributed by atoms with E-state index < -0.39 is 11.5 Å². The number of para-hydroxylation sites is 2. The van der Waals surface area contributed by atoms with Gasteiger partial charge in [-0.05, 0) is 24.3 Å². The second kappa shape index (κ2) is 9.76. The minimum absolute atomic E-state index is 0. The van der Waals surface area contributed by atoms with Gasteiger partial charge in [0.2, 0.25) is 0 Å². The van der Waals surface area contributed by atoms with Crippen LogP contribution < -0.4 is 18.9 Å². The van der Waals surface area contributed by atoms with Gasteiger partial charge in [0.15, 0.2) is 40.1 Å². The van der Waals surface area contributed by atoms with Crippen molar-refractivity contribution in [3.63, 3.8) is 0 Å². The Balaban J connectivity index is 0.00000274. The first-order valence-corrected chi connectivity index (χ1v) is 11.8. The van der Waals surface area contributed by atoms with Crippen LogP contribution in [-0.2, 0) is 4.79 Å². The molecule has 1 aromatic heterocycles. The molecule has 5 rings (SSSR count). The zero-order valence-electron chi connectivity index (χ0n) is 19.1. The summed E-state index contributed by atoms with van der Waals surface area (Å²) in [5, 5.41) is 9.45. The van der Waals surface area contributed by atoms with Crippen LogP contribution >= 0.6 is 24.2 Å². The molecule has 2 aliphatic heterocycles. The molecule has 0 bridgehead atoms. The Morgan fingerprint density at radius 2 is 1.71 bits per heavy atom. The second-order valence-electron chi connectivity index (χ2n) is 8.83. The molecule has 0 N–H and O–H groups in total. The summed E-state index contributed by atoms with van der Waals surface area (Å²) in [6.45, 7) is 7.05. The summed E-state index contributed by atoms with van der Waals surface area (Å²) >= 11 is 1.36. The fourth-order valence-electron chi connectivity index (χ4n) is 3.49. The number of fused-ring (bicyclic) bond motifs is 2. The maximum absolute atomic E-state index is 12.6. The predicted molar refractivity (Wildman–Crippen MR) is 130 cm³/mol. The van der Waals surface area contributed by atoms with Crippen LogP contribution in [0, 0.1) is 5.41 Å². The fourth-order valence-corrected chi connectivity index (χ4v) is 4.61. The van der Waals surface area contributed by atoms with Crippen LogP contribution in [0.2, 0.25) is 0 Å². The summed E-state index contributed by atoms with van der Waals surface area (Å²) in [7, 11) is 0. The normalized spacial score (nSPS) is 16.5. The maximum atomic E-state index is 12.6. The molecule has 180 valence electrons. The lowest BCUT2D eigenvalue weighted by Crippen LogP contribution is -2.25. The van der Waals surface area contributed by atoms with Crippen molar-refractivity contribution < 1.29 is 23.7 Å². The number of ether oxygens (including phenoxy) is 4. The maximum Gasteiger partial charge on any atom is 0.196 e. The van der Waals surface area contributed by atoms with E-state index in [9.17, 15) is 4.79 Å². The third-order valence-corrected chi connectivity index (χ3v) is 6.34. The van der Waals surface area contributed by atoms with Crippen LogP contribution in [-0.4, -0.2) is 46.1 Å². The lowest BCUT2D eigenvalue weighted by atomic mass is 9.92. The number of benzene rings is 2. The van der Waals surface area contributed by atoms with Gasteiger partial charge in [-0.25, -0.2) is 0 Å². The number of hydrogen-bond donors (Lipinski definition) is 0. The number of rotatable bonds is 5. The predicted octanol–water partition coefficient (Wildman–Crippen LogP) is 4.68. The van der Waals surface area contributed by atoms with Gasteiger partial charge in [-0.2, -0.15) is 0 Å². The zero-order chi connectivity index (χ0) is 23.0. The van der Waals surface area contributed by atoms with E-state index in [4.69, 9.17) is 18.9 Å². The van der Waals surface area contributed by atoms with Gasteiger partial charge >= 0.3 is 0 Å². The Kier molecular flexibility index (Phi) is 6.95. The van der Waals surface area contributed by atoms with Gasteiger partial charge in [-0.1, -0.05) is 44.7 Å². The molecule has 34 heavy (non-hydrogen) atoms. The Hall–Kier alpha value is -2.91. The van der Waals surface area contributed by atoms with Gasteiger partial charge in [-0.15, -0.1) is 22.6 Å². The van der Waals surface area contributed by atoms with Crippen LogP contribution in [0.5, 0.6) is 23.0 Å². The number of halogens is 1. The third kappa shape index (κ3) is 4.81. The number of hydrogen-bond acceptors (Lipinski definition) is 8. The number of ketones is 1. The minimum Gasteiger partial charge on any atom is -0.486 e. The van der Waals surface area contributed by atoms with E-state index in [1.54, 1.807) is 0 Å². The highest BCUT2D eigenvalue weighted by Gasteiger charge is 2.30. The van der Waals surface area contributed by atoms with Crippen LogP contribution in [0.1, 0.15) is 32.7 Å². The number of carbonyl (C=O) groups excluding carboxylic acids is 1. The number of carbonyl (C=O) groups is 1. The van der Waals surface area contributed by atoms with Crippen molar-refractivity contribution in [2.75, 3.05) is 25.6 Å². The molecular formula is C24H26ClN3O5S. The number of Topliss-reactive ketones (excluding diaryl/α,β-unsaturated/α-hetero) is 1. The summed E-state index contributed by atoms with van der Waals surface area (Å²) in [6, 6.07) is 13.2. The summed E-state index contributed by atoms with van der Waals surface area (Å²) in [5.74, 6) is 3.72. The molecule has 2 aliphatic rings. The Labute approximate surface area is 208 Å². The molecular weight excluding hydrogens is 478 g/mol. The number of thioether (sulfide) groups is 1. The van der Waals surface area contributed by atoms with Crippen LogP contribution in [0.3, 0.4) is 0 Å². The topological polar surface area (TPSA) is 84.7 Å². The Morgan fingerprint density at radius 3 is 2.47 bits per heavy atom. The molecule has 1 unspecified atom stereocenters. The highest BCUT2D eigenvalue weighted by atomic mass is 35.5. The molecule has 0 saturated heterocycles. The molecule has 0 radical (unpaired) electrons. The van der Waals surface area contributed by atoms with Gasteiger partial charge < -0.3 is 18.9 Å². The van der Waals surface area contributed by atoms with Crippen molar-refractivity contribution in [3.05, 3.63) is 48.3 Å². The minimum atomic E-state index is -0.465. The Bertz CT molecular complexity index is 1190. The average molecular weight is 504 g/mol. The quantitative estimate of drug-likeness (QED) is 0.464. The third-order valence-electron chi connectivity index (χ3n) is 5.41. The van der Waals surface area contributed by atoms with Gasteiger partial charge in [0.05, 0.1) is 11.4 Å². The monoisotopic (exact) mass is 503 g/mol. The van der Waals surface area contributed by atoms with Crippen molar-refractivity contribution in [2.45, 2.75) is 32.0 Å². The van der Waals surface area contributed by atoms with Gasteiger partial charge in [0.1, 0.15) is 25.6 Å². The summed E-state index contributed by atoms with van der Waals surface area (Å²) in [6.07, 6.45) is -0.465. The van der Waals surface area contributed by atoms with Crippen LogP contribution in [0.4, 0.5) is 0 Å². The molecule has 0 amide bonds. The van der Waals surface area contributed by atoms with Gasteiger partial charge in [-0.3, -0.25) is 9.36 Å². The number of nitrogens with zero attached hydrogens (tertiary/aromatic N) is 3. The first-order valence-electron chi connectivity index (χ1n) is 10.8. The van der Waals surface area contributed by atoms with E-state index in [1.807, 2.05) is 67.8 Å². The first-order chi connectivity index (χ1) is 15.9. The lowest BCUT2D eigenvalue weighted by Gasteiger charge is -2.26. The molecule has 0 saturated carbocycles. The lowest BCUT2D eigenvalue weighted by molar-refractivity contribution is -0.123.